The molecule has 5 aliphatic heterocycles. The van der Waals surface area contributed by atoms with E-state index in [1.54, 1.807) is 90.4 Å². The number of hydrogen-bond donors (Lipinski definition) is 4. The molecule has 6 aliphatic rings. The Kier molecular flexibility index (Phi) is 64.4. The van der Waals surface area contributed by atoms with Gasteiger partial charge in [-0.3, -0.25) is 38.4 Å². The number of thiophene rings is 7. The smallest absolute Gasteiger partial charge is 1.00 e. The van der Waals surface area contributed by atoms with Crippen molar-refractivity contribution in [3.8, 4) is 6.07 Å². The molecule has 13 rings (SSSR count). The molecule has 0 aromatic carbocycles. The predicted octanol–water partition coefficient (Wildman–Crippen LogP) is 26.3. The van der Waals surface area contributed by atoms with Gasteiger partial charge in [0.1, 0.15) is 17.6 Å². The number of unbranched alkanes of at least 4 members (excludes halogenated alkanes) is 5. The van der Waals surface area contributed by atoms with E-state index in [1.165, 1.54) is 60.8 Å². The Morgan fingerprint density at radius 3 is 1.09 bits per heavy atom. The molecule has 0 saturated heterocycles. The number of ketones is 2. The third-order valence-corrected chi connectivity index (χ3v) is 32.5. The average Bonchev–Trinajstić information content (AvgIpc) is 1.56. The Morgan fingerprint density at radius 1 is 0.521 bits per heavy atom. The number of hydrogen-bond acceptors (Lipinski definition) is 22. The Labute approximate surface area is 930 Å². The third kappa shape index (κ3) is 41.5. The molecule has 140 heavy (non-hydrogen) atoms. The van der Waals surface area contributed by atoms with Crippen molar-refractivity contribution in [1.82, 2.24) is 24.9 Å². The first-order valence-electron chi connectivity index (χ1n) is 48.2. The summed E-state index contributed by atoms with van der Waals surface area (Å²) in [6.45, 7) is 35.2. The molecule has 12 heterocycles. The van der Waals surface area contributed by atoms with Gasteiger partial charge >= 0.3 is 60.3 Å². The molecule has 3 N–H and O–H groups in total. The van der Waals surface area contributed by atoms with E-state index in [1.807, 2.05) is 133 Å². The molecular formula is C105H142BBr3Cl3N7NaO12S8. The van der Waals surface area contributed by atoms with Gasteiger partial charge in [-0.1, -0.05) is 281 Å². The van der Waals surface area contributed by atoms with Gasteiger partial charge in [-0.25, -0.2) is 0 Å². The molecule has 0 saturated carbocycles. The summed E-state index contributed by atoms with van der Waals surface area (Å²) < 4.78 is 8.21. The van der Waals surface area contributed by atoms with Crippen molar-refractivity contribution in [2.24, 2.45) is 33.9 Å². The average molecular weight is 2330 g/mol. The summed E-state index contributed by atoms with van der Waals surface area (Å²) in [6, 6.07) is 29.7. The number of alkyl halides is 4. The fraction of sp³-hybridized carbons (Fsp3) is 0.533. The number of carbonyl (C=O) groups is 8. The number of rotatable bonds is 41. The first-order chi connectivity index (χ1) is 66.4. The van der Waals surface area contributed by atoms with Gasteiger partial charge in [0.25, 0.3) is 29.5 Å². The number of nitriles is 1. The van der Waals surface area contributed by atoms with Crippen molar-refractivity contribution in [3.05, 3.63) is 187 Å². The van der Waals surface area contributed by atoms with Crippen LogP contribution in [0.15, 0.2) is 157 Å². The van der Waals surface area contributed by atoms with E-state index in [0.717, 1.165) is 185 Å². The Balaban J connectivity index is 0.000000448. The first-order valence-corrected chi connectivity index (χ1v) is 58.7. The van der Waals surface area contributed by atoms with Gasteiger partial charge in [-0.2, -0.15) is 5.26 Å². The van der Waals surface area contributed by atoms with Crippen molar-refractivity contribution in [2.75, 3.05) is 45.2 Å². The fourth-order valence-corrected chi connectivity index (χ4v) is 22.5. The maximum atomic E-state index is 14.3. The molecule has 0 fully saturated rings. The molecule has 7 aromatic rings. The zero-order valence-electron chi connectivity index (χ0n) is 84.7. The van der Waals surface area contributed by atoms with Crippen molar-refractivity contribution < 1.29 is 88.0 Å². The molecule has 1 aliphatic carbocycles. The van der Waals surface area contributed by atoms with Crippen LogP contribution in [0.5, 0.6) is 0 Å². The van der Waals surface area contributed by atoms with E-state index in [4.69, 9.17) is 50.3 Å². The van der Waals surface area contributed by atoms with Gasteiger partial charge in [-0.05, 0) is 201 Å². The van der Waals surface area contributed by atoms with E-state index < -0.39 is 28.1 Å². The number of nitrogens with one attached hydrogen (secondary N) is 1. The van der Waals surface area contributed by atoms with Crippen LogP contribution in [0.2, 0.25) is 0 Å². The number of esters is 1. The van der Waals surface area contributed by atoms with Gasteiger partial charge in [0, 0.05) is 49.2 Å². The van der Waals surface area contributed by atoms with Crippen LogP contribution in [0, 0.1) is 40.9 Å². The minimum absolute atomic E-state index is 0. The third-order valence-electron chi connectivity index (χ3n) is 24.0. The van der Waals surface area contributed by atoms with Gasteiger partial charge in [-0.15, -0.1) is 85.0 Å². The zero-order valence-corrected chi connectivity index (χ0v) is 100. The van der Waals surface area contributed by atoms with Gasteiger partial charge < -0.3 is 45.0 Å². The minimum atomic E-state index is -0.750. The van der Waals surface area contributed by atoms with E-state index in [-0.39, 0.29) is 83.5 Å². The van der Waals surface area contributed by atoms with Crippen molar-refractivity contribution in [1.29, 1.82) is 5.26 Å². The number of allylic oxidation sites excluding steroid dienone is 1. The summed E-state index contributed by atoms with van der Waals surface area (Å²) in [5.74, 6) is 1.66. The summed E-state index contributed by atoms with van der Waals surface area (Å²) in [5, 5.41) is 49.6. The number of aliphatic hydroxyl groups excluding tert-OH is 1. The van der Waals surface area contributed by atoms with E-state index >= 15 is 0 Å². The van der Waals surface area contributed by atoms with E-state index in [0.29, 0.717) is 102 Å². The molecule has 35 heteroatoms. The number of fused-ring (bicyclic) bond motifs is 3. The van der Waals surface area contributed by atoms with Gasteiger partial charge in [0.2, 0.25) is 0 Å². The van der Waals surface area contributed by atoms with Crippen LogP contribution in [-0.4, -0.2) is 145 Å². The number of ether oxygens (including phenoxy) is 1. The minimum Gasteiger partial charge on any atom is 1.00 e. The number of carbonyl (C=O) groups excluding carboxylic acids is 8. The van der Waals surface area contributed by atoms with Crippen LogP contribution < -0.4 is 40.0 Å². The SMILES string of the molecule is CCC(C)(C)O.CCC(C)(C)[O-].CCCCC(CC)CBr.CCCCC(CC)CN1C(=O)C2=C(c3ccc(Br)s3)N(CC(CC)CCCC)C(=O)C2=C1c1ccc(Br)s1.CCCCC(CC)CN1C(=O)C2=C(c3cccs3)N(CC(CC)CCCC)C(=O)C2=C1c1cccs1.COC(=O)CCC(=O)CO.ClC(Cl)Cl.N#Cc1cccs1.O=C1CC(c2cccs2)=C2C(=O)NC(c3cccs3)=C12.[B]=NS.[Na+]. The van der Waals surface area contributed by atoms with Gasteiger partial charge in [0.05, 0.1) is 113 Å². The molecule has 763 valence electrons. The van der Waals surface area contributed by atoms with Crippen molar-refractivity contribution in [3.63, 3.8) is 0 Å². The monoisotopic (exact) mass is 2320 g/mol. The summed E-state index contributed by atoms with van der Waals surface area (Å²) >= 11 is 39.3. The summed E-state index contributed by atoms with van der Waals surface area (Å²) in [5.41, 5.74) is 7.24. The van der Waals surface area contributed by atoms with Crippen LogP contribution in [0.4, 0.5) is 0 Å². The molecule has 1 radical (unpaired) electrons. The molecule has 7 aromatic heterocycles. The quantitative estimate of drug-likeness (QED) is 0.0120. The number of nitrogens with zero attached hydrogens (tertiary/aromatic N) is 6. The van der Waals surface area contributed by atoms with Crippen LogP contribution >= 0.6 is 175 Å². The van der Waals surface area contributed by atoms with Crippen LogP contribution in [0.3, 0.4) is 0 Å². The number of thiol groups is 1. The summed E-state index contributed by atoms with van der Waals surface area (Å²) in [7, 11) is 5.59. The number of methoxy groups -OCH3 is 1. The molecule has 5 unspecified atom stereocenters. The predicted molar refractivity (Wildman–Crippen MR) is 600 cm³/mol. The standard InChI is InChI=1S/C30H38Br2N2O2S2.C30H40N2O2S2.C15H9NO2S2.C8H17Br.C6H10O4.C5H3NS.C5H12O.C5H11O.CHCl3.BHNS.Na/c1-5-9-11-19(7-3)17-33-27(21-13-15-23(31)37-21)25-26(29(33)35)28(22-14-16-24(32)38-22)34(30(25)36)18-20(8-4)12-10-6-2;1-5-9-13-21(7-3)19-31-27(23-15-11-17-35-23)25-26(29(31)33)28(24-16-12-18-36-24)32(30(25)34)20-22(8-4)14-10-6-2;17-9-7-8(10-3-1-5-19-10)12-13(9)14(16-15(12)18)11-4-2-6-20-11;1-3-5-6-8(4-2)7-9;1-10-6(9)3-2-5(8)4-7;6-4-5-2-1-3-7-5;2*1-4-5(2,3)6;2-1(3)4;1-2-3;/h13-16,19-20H,5-12,17-18H2,1-4H3;11-12,15-18,21-22H,5-10,13-14,19-20H2,1-4H3;1-6H,7H2,(H,16,18);8H,3-7H2,1-2H3;7H,2-4H2,1H3;1-3H;6H,4H2,1-3H3;4H2,1-3H3;1H;3H;/q;;;;;;;-1;;;+1. The van der Waals surface area contributed by atoms with Crippen LogP contribution in [0.25, 0.3) is 34.1 Å². The summed E-state index contributed by atoms with van der Waals surface area (Å²) in [4.78, 5) is 117. The Bertz CT molecular complexity index is 4910. The normalized spacial score (nSPS) is 15.1. The second kappa shape index (κ2) is 69.6. The number of aliphatic hydroxyl groups is 2. The van der Waals surface area contributed by atoms with Crippen LogP contribution in [0.1, 0.15) is 305 Å². The second-order valence-corrected chi connectivity index (χ2v) is 47.6. The molecule has 0 spiro atoms. The van der Waals surface area contributed by atoms with E-state index in [9.17, 15) is 43.5 Å². The Morgan fingerprint density at radius 2 is 0.836 bits per heavy atom. The van der Waals surface area contributed by atoms with E-state index in [2.05, 4.69) is 164 Å². The van der Waals surface area contributed by atoms with Crippen molar-refractivity contribution in [2.45, 2.75) is 287 Å². The number of amides is 5. The number of Topliss-reactive ketones (excluding diaryl/α,β-unsaturated/α-hetero) is 2. The first kappa shape index (κ1) is 130. The largest absolute Gasteiger partial charge is 1.00 e. The fourth-order valence-electron chi connectivity index (χ4n) is 15.2. The number of halogens is 6. The topological polar surface area (TPSA) is 270 Å². The Hall–Kier alpha value is -4.61. The molecule has 0 bridgehead atoms. The summed E-state index contributed by atoms with van der Waals surface area (Å²) in [6.07, 6.45) is 25.1. The van der Waals surface area contributed by atoms with Gasteiger partial charge in [0.15, 0.2) is 15.9 Å². The zero-order chi connectivity index (χ0) is 104. The molecule has 5 atom stereocenters. The van der Waals surface area contributed by atoms with Crippen molar-refractivity contribution >= 4 is 264 Å². The molecule has 5 amide bonds. The maximum Gasteiger partial charge on any atom is 1.00 e. The maximum absolute atomic E-state index is 14.3. The molecule has 19 nitrogen and oxygen atoms in total. The van der Waals surface area contributed by atoms with Crippen LogP contribution in [-0.2, 0) is 43.1 Å². The second-order valence-electron chi connectivity index (χ2n) is 35.1. The molecular weight excluding hydrogens is 2190 g/mol.